The van der Waals surface area contributed by atoms with E-state index in [2.05, 4.69) is 52.3 Å². The lowest BCUT2D eigenvalue weighted by atomic mass is 9.78. The molecule has 2 aromatic carbocycles. The normalized spacial score (nSPS) is 16.4. The smallest absolute Gasteiger partial charge is 0.133 e. The zero-order valence-corrected chi connectivity index (χ0v) is 12.9. The van der Waals surface area contributed by atoms with Crippen LogP contribution in [0.4, 0.5) is 0 Å². The molecule has 0 heterocycles. The lowest BCUT2D eigenvalue weighted by Crippen LogP contribution is -2.23. The minimum Gasteiger partial charge on any atom is -0.492 e. The molecule has 0 aromatic heterocycles. The topological polar surface area (TPSA) is 35.2 Å². The summed E-state index contributed by atoms with van der Waals surface area (Å²) in [5, 5.41) is 0. The third kappa shape index (κ3) is 2.74. The Kier molecular flexibility index (Phi) is 4.08. The monoisotopic (exact) mass is 331 g/mol. The molecule has 0 spiro atoms. The van der Waals surface area contributed by atoms with Gasteiger partial charge in [0, 0.05) is 5.92 Å². The molecule has 0 radical (unpaired) electrons. The zero-order chi connectivity index (χ0) is 13.9. The van der Waals surface area contributed by atoms with E-state index in [1.54, 1.807) is 0 Å². The van der Waals surface area contributed by atoms with Crippen molar-refractivity contribution in [2.75, 3.05) is 13.2 Å². The summed E-state index contributed by atoms with van der Waals surface area (Å²) in [7, 11) is 0. The van der Waals surface area contributed by atoms with Gasteiger partial charge in [0.05, 0.1) is 11.1 Å². The van der Waals surface area contributed by atoms with Gasteiger partial charge >= 0.3 is 0 Å². The van der Waals surface area contributed by atoms with Gasteiger partial charge in [-0.1, -0.05) is 30.3 Å². The average molecular weight is 332 g/mol. The zero-order valence-electron chi connectivity index (χ0n) is 11.3. The summed E-state index contributed by atoms with van der Waals surface area (Å²) < 4.78 is 6.96. The van der Waals surface area contributed by atoms with Crippen LogP contribution < -0.4 is 10.5 Å². The molecule has 3 rings (SSSR count). The van der Waals surface area contributed by atoms with Crippen molar-refractivity contribution in [1.29, 1.82) is 0 Å². The Labute approximate surface area is 128 Å². The Morgan fingerprint density at radius 1 is 1.20 bits per heavy atom. The SMILES string of the molecule is NCCc1ccc(OCC2Cc3ccccc32)c(Br)c1. The molecule has 0 bridgehead atoms. The summed E-state index contributed by atoms with van der Waals surface area (Å²) in [6.07, 6.45) is 2.02. The molecule has 104 valence electrons. The van der Waals surface area contributed by atoms with Gasteiger partial charge in [-0.3, -0.25) is 0 Å². The molecule has 0 aliphatic heterocycles. The standard InChI is InChI=1S/C17H18BrNO/c18-16-9-12(7-8-19)5-6-17(16)20-11-14-10-13-3-1-2-4-15(13)14/h1-6,9,14H,7-8,10-11,19H2. The van der Waals surface area contributed by atoms with Crippen molar-refractivity contribution in [3.8, 4) is 5.75 Å². The molecule has 0 fully saturated rings. The number of hydrogen-bond donors (Lipinski definition) is 1. The van der Waals surface area contributed by atoms with Crippen molar-refractivity contribution in [3.63, 3.8) is 0 Å². The predicted octanol–water partition coefficient (Wildman–Crippen LogP) is 3.67. The van der Waals surface area contributed by atoms with Crippen molar-refractivity contribution in [2.45, 2.75) is 18.8 Å². The minimum absolute atomic E-state index is 0.529. The van der Waals surface area contributed by atoms with Crippen molar-refractivity contribution in [3.05, 3.63) is 63.6 Å². The Hall–Kier alpha value is -1.32. The maximum Gasteiger partial charge on any atom is 0.133 e. The Morgan fingerprint density at radius 3 is 2.80 bits per heavy atom. The summed E-state index contributed by atoms with van der Waals surface area (Å²) in [6.45, 7) is 1.41. The van der Waals surface area contributed by atoms with E-state index in [4.69, 9.17) is 10.5 Å². The van der Waals surface area contributed by atoms with Crippen LogP contribution in [-0.2, 0) is 12.8 Å². The van der Waals surface area contributed by atoms with E-state index in [1.165, 1.54) is 16.7 Å². The highest BCUT2D eigenvalue weighted by Crippen LogP contribution is 2.36. The van der Waals surface area contributed by atoms with Crippen LogP contribution in [0.5, 0.6) is 5.75 Å². The first-order valence-electron chi connectivity index (χ1n) is 6.97. The van der Waals surface area contributed by atoms with Crippen molar-refractivity contribution in [1.82, 2.24) is 0 Å². The van der Waals surface area contributed by atoms with E-state index in [0.29, 0.717) is 12.5 Å². The van der Waals surface area contributed by atoms with Crippen LogP contribution in [0.1, 0.15) is 22.6 Å². The van der Waals surface area contributed by atoms with E-state index in [9.17, 15) is 0 Å². The van der Waals surface area contributed by atoms with E-state index in [0.717, 1.165) is 29.7 Å². The van der Waals surface area contributed by atoms with Gasteiger partial charge in [0.2, 0.25) is 0 Å². The Balaban J connectivity index is 1.62. The third-order valence-electron chi connectivity index (χ3n) is 3.83. The second-order valence-electron chi connectivity index (χ2n) is 5.21. The van der Waals surface area contributed by atoms with Crippen molar-refractivity contribution < 1.29 is 4.74 Å². The molecule has 1 aliphatic rings. The van der Waals surface area contributed by atoms with Gasteiger partial charge in [-0.15, -0.1) is 0 Å². The molecule has 1 atom stereocenters. The van der Waals surface area contributed by atoms with Crippen LogP contribution in [-0.4, -0.2) is 13.2 Å². The van der Waals surface area contributed by atoms with Gasteiger partial charge in [0.15, 0.2) is 0 Å². The fourth-order valence-electron chi connectivity index (χ4n) is 2.69. The number of nitrogens with two attached hydrogens (primary N) is 1. The molecular formula is C17H18BrNO. The van der Waals surface area contributed by atoms with Gasteiger partial charge < -0.3 is 10.5 Å². The minimum atomic E-state index is 0.529. The van der Waals surface area contributed by atoms with Gasteiger partial charge in [0.1, 0.15) is 5.75 Å². The first-order valence-corrected chi connectivity index (χ1v) is 7.76. The molecule has 3 heteroatoms. The summed E-state index contributed by atoms with van der Waals surface area (Å²) >= 11 is 3.57. The highest BCUT2D eigenvalue weighted by Gasteiger charge is 2.25. The fourth-order valence-corrected chi connectivity index (χ4v) is 3.23. The number of rotatable bonds is 5. The molecule has 1 aliphatic carbocycles. The number of halogens is 1. The van der Waals surface area contributed by atoms with Gasteiger partial charge in [-0.25, -0.2) is 0 Å². The Bertz CT molecular complexity index is 612. The van der Waals surface area contributed by atoms with Crippen molar-refractivity contribution in [2.24, 2.45) is 5.73 Å². The molecule has 0 saturated carbocycles. The number of ether oxygens (including phenoxy) is 1. The predicted molar refractivity (Wildman–Crippen MR) is 85.3 cm³/mol. The number of fused-ring (bicyclic) bond motifs is 1. The average Bonchev–Trinajstić information content (AvgIpc) is 2.42. The van der Waals surface area contributed by atoms with E-state index in [1.807, 2.05) is 6.07 Å². The van der Waals surface area contributed by atoms with Crippen LogP contribution >= 0.6 is 15.9 Å². The molecule has 20 heavy (non-hydrogen) atoms. The first-order chi connectivity index (χ1) is 9.78. The quantitative estimate of drug-likeness (QED) is 0.907. The van der Waals surface area contributed by atoms with E-state index < -0.39 is 0 Å². The lowest BCUT2D eigenvalue weighted by Gasteiger charge is -2.30. The second kappa shape index (κ2) is 5.98. The maximum atomic E-state index is 5.95. The van der Waals surface area contributed by atoms with Gasteiger partial charge in [-0.05, 0) is 64.1 Å². The van der Waals surface area contributed by atoms with Gasteiger partial charge in [-0.2, -0.15) is 0 Å². The summed E-state index contributed by atoms with van der Waals surface area (Å²) in [5.41, 5.74) is 9.70. The van der Waals surface area contributed by atoms with Crippen LogP contribution in [0.2, 0.25) is 0 Å². The molecule has 2 aromatic rings. The molecule has 0 saturated heterocycles. The highest BCUT2D eigenvalue weighted by molar-refractivity contribution is 9.10. The number of hydrogen-bond acceptors (Lipinski definition) is 2. The first kappa shape index (κ1) is 13.7. The van der Waals surface area contributed by atoms with Crippen LogP contribution in [0.3, 0.4) is 0 Å². The Morgan fingerprint density at radius 2 is 2.05 bits per heavy atom. The maximum absolute atomic E-state index is 5.95. The van der Waals surface area contributed by atoms with Crippen LogP contribution in [0.25, 0.3) is 0 Å². The largest absolute Gasteiger partial charge is 0.492 e. The lowest BCUT2D eigenvalue weighted by molar-refractivity contribution is 0.273. The highest BCUT2D eigenvalue weighted by atomic mass is 79.9. The summed E-state index contributed by atoms with van der Waals surface area (Å²) in [4.78, 5) is 0. The molecule has 2 N–H and O–H groups in total. The summed E-state index contributed by atoms with van der Waals surface area (Å²) in [5.74, 6) is 1.44. The van der Waals surface area contributed by atoms with Crippen LogP contribution in [0.15, 0.2) is 46.9 Å². The molecular weight excluding hydrogens is 314 g/mol. The van der Waals surface area contributed by atoms with Crippen LogP contribution in [0, 0.1) is 0 Å². The second-order valence-corrected chi connectivity index (χ2v) is 6.07. The summed E-state index contributed by atoms with van der Waals surface area (Å²) in [6, 6.07) is 14.8. The molecule has 2 nitrogen and oxygen atoms in total. The number of benzene rings is 2. The molecule has 1 unspecified atom stereocenters. The van der Waals surface area contributed by atoms with Crippen molar-refractivity contribution >= 4 is 15.9 Å². The van der Waals surface area contributed by atoms with E-state index >= 15 is 0 Å². The van der Waals surface area contributed by atoms with Gasteiger partial charge in [0.25, 0.3) is 0 Å². The fraction of sp³-hybridized carbons (Fsp3) is 0.294. The van der Waals surface area contributed by atoms with E-state index in [-0.39, 0.29) is 0 Å². The third-order valence-corrected chi connectivity index (χ3v) is 4.45. The molecule has 0 amide bonds.